The van der Waals surface area contributed by atoms with Gasteiger partial charge >= 0.3 is 11.9 Å². The van der Waals surface area contributed by atoms with Crippen molar-refractivity contribution in [3.63, 3.8) is 0 Å². The number of nitrogens with zero attached hydrogens (tertiary/aromatic N) is 1. The number of rotatable bonds is 36. The third-order valence-corrected chi connectivity index (χ3v) is 9.30. The Morgan fingerprint density at radius 1 is 0.615 bits per heavy atom. The Morgan fingerprint density at radius 3 is 1.65 bits per heavy atom. The second-order valence-electron chi connectivity index (χ2n) is 14.6. The zero-order valence-electron chi connectivity index (χ0n) is 33.7. The van der Waals surface area contributed by atoms with Crippen LogP contribution in [0, 0.1) is 0 Å². The summed E-state index contributed by atoms with van der Waals surface area (Å²) in [6.07, 6.45) is 38.5. The predicted molar refractivity (Wildman–Crippen MR) is 213 cm³/mol. The van der Waals surface area contributed by atoms with Crippen molar-refractivity contribution in [2.75, 3.05) is 47.5 Å². The predicted octanol–water partition coefficient (Wildman–Crippen LogP) is 10.5. The van der Waals surface area contributed by atoms with Crippen molar-refractivity contribution in [1.29, 1.82) is 0 Å². The van der Waals surface area contributed by atoms with E-state index in [9.17, 15) is 19.0 Å². The van der Waals surface area contributed by atoms with E-state index in [2.05, 4.69) is 62.5 Å². The molecule has 10 heteroatoms. The van der Waals surface area contributed by atoms with Crippen LogP contribution in [0.15, 0.2) is 48.6 Å². The Morgan fingerprint density at radius 2 is 1.10 bits per heavy atom. The molecule has 0 heterocycles. The number of phosphoric acid groups is 1. The molecule has 0 radical (unpaired) electrons. The Bertz CT molecular complexity index is 1030. The summed E-state index contributed by atoms with van der Waals surface area (Å²) in [5.74, 6) is -0.869. The van der Waals surface area contributed by atoms with Crippen LogP contribution in [0.25, 0.3) is 0 Å². The van der Waals surface area contributed by atoms with Gasteiger partial charge in [-0.1, -0.05) is 120 Å². The zero-order valence-corrected chi connectivity index (χ0v) is 34.6. The lowest BCUT2D eigenvalue weighted by Gasteiger charge is -2.28. The number of likely N-dealkylation sites (N-methyl/N-ethyl adjacent to an activating group) is 1. The van der Waals surface area contributed by atoms with Crippen molar-refractivity contribution in [1.82, 2.24) is 0 Å². The quantitative estimate of drug-likeness (QED) is 0.0204. The largest absolute Gasteiger partial charge is 0.756 e. The molecule has 0 aromatic heterocycles. The Hall–Kier alpha value is -2.03. The maximum absolute atomic E-state index is 12.6. The van der Waals surface area contributed by atoms with Gasteiger partial charge in [0.15, 0.2) is 6.10 Å². The first-order chi connectivity index (χ1) is 25.0. The van der Waals surface area contributed by atoms with E-state index in [-0.39, 0.29) is 26.1 Å². The maximum Gasteiger partial charge on any atom is 0.306 e. The fourth-order valence-electron chi connectivity index (χ4n) is 5.13. The molecule has 0 amide bonds. The number of carbonyl (C=O) groups is 2. The van der Waals surface area contributed by atoms with Crippen molar-refractivity contribution in [2.24, 2.45) is 0 Å². The monoisotopic (exact) mass is 754 g/mol. The highest BCUT2D eigenvalue weighted by atomic mass is 31.2. The molecule has 0 aliphatic heterocycles. The van der Waals surface area contributed by atoms with E-state index in [4.69, 9.17) is 18.5 Å². The molecule has 0 rings (SSSR count). The molecule has 0 aromatic rings. The molecule has 0 aliphatic rings. The van der Waals surface area contributed by atoms with E-state index in [1.807, 2.05) is 21.1 Å². The average Bonchev–Trinajstić information content (AvgIpc) is 3.09. The summed E-state index contributed by atoms with van der Waals surface area (Å²) in [7, 11) is 1.14. The molecule has 0 fully saturated rings. The number of phosphoric ester groups is 1. The first-order valence-electron chi connectivity index (χ1n) is 20.3. The van der Waals surface area contributed by atoms with E-state index in [1.165, 1.54) is 32.1 Å². The van der Waals surface area contributed by atoms with Crippen molar-refractivity contribution in [2.45, 2.75) is 161 Å². The molecule has 0 saturated carbocycles. The number of unbranched alkanes of at least 4 members (excludes halogenated alkanes) is 14. The van der Waals surface area contributed by atoms with Crippen LogP contribution in [0.1, 0.15) is 155 Å². The van der Waals surface area contributed by atoms with Crippen LogP contribution in [0.2, 0.25) is 0 Å². The van der Waals surface area contributed by atoms with Crippen LogP contribution in [0.4, 0.5) is 0 Å². The molecule has 0 aromatic carbocycles. The minimum absolute atomic E-state index is 0.0373. The first-order valence-corrected chi connectivity index (χ1v) is 21.8. The van der Waals surface area contributed by atoms with Gasteiger partial charge in [-0.3, -0.25) is 14.2 Å². The number of ether oxygens (including phenoxy) is 2. The molecule has 302 valence electrons. The summed E-state index contributed by atoms with van der Waals surface area (Å²) in [6.45, 7) is 4.05. The lowest BCUT2D eigenvalue weighted by molar-refractivity contribution is -0.870. The molecule has 0 bridgehead atoms. The van der Waals surface area contributed by atoms with Gasteiger partial charge in [-0.05, 0) is 70.6 Å². The van der Waals surface area contributed by atoms with Crippen LogP contribution in [0.3, 0.4) is 0 Å². The van der Waals surface area contributed by atoms with Crippen molar-refractivity contribution in [3.05, 3.63) is 48.6 Å². The maximum atomic E-state index is 12.6. The van der Waals surface area contributed by atoms with Crippen molar-refractivity contribution < 1.29 is 42.1 Å². The second kappa shape index (κ2) is 34.7. The summed E-state index contributed by atoms with van der Waals surface area (Å²) < 4.78 is 33.8. The molecular weight excluding hydrogens is 677 g/mol. The van der Waals surface area contributed by atoms with E-state index in [0.29, 0.717) is 23.9 Å². The molecule has 0 spiro atoms. The van der Waals surface area contributed by atoms with Gasteiger partial charge in [-0.25, -0.2) is 0 Å². The van der Waals surface area contributed by atoms with Gasteiger partial charge in [0.05, 0.1) is 27.7 Å². The minimum Gasteiger partial charge on any atom is -0.756 e. The third-order valence-electron chi connectivity index (χ3n) is 8.33. The zero-order chi connectivity index (χ0) is 38.6. The first kappa shape index (κ1) is 50.0. The van der Waals surface area contributed by atoms with Gasteiger partial charge < -0.3 is 27.9 Å². The average molecular weight is 754 g/mol. The highest BCUT2D eigenvalue weighted by Crippen LogP contribution is 2.38. The molecule has 0 aliphatic carbocycles. The third kappa shape index (κ3) is 37.7. The Kier molecular flexibility index (Phi) is 33.4. The van der Waals surface area contributed by atoms with Crippen molar-refractivity contribution in [3.8, 4) is 0 Å². The van der Waals surface area contributed by atoms with Gasteiger partial charge in [0, 0.05) is 12.8 Å². The fourth-order valence-corrected chi connectivity index (χ4v) is 5.86. The lowest BCUT2D eigenvalue weighted by atomic mass is 10.1. The van der Waals surface area contributed by atoms with Gasteiger partial charge in [0.2, 0.25) is 0 Å². The van der Waals surface area contributed by atoms with Crippen LogP contribution < -0.4 is 4.89 Å². The summed E-state index contributed by atoms with van der Waals surface area (Å²) in [4.78, 5) is 37.4. The Labute approximate surface area is 318 Å². The van der Waals surface area contributed by atoms with Crippen LogP contribution in [0.5, 0.6) is 0 Å². The van der Waals surface area contributed by atoms with E-state index in [0.717, 1.165) is 83.5 Å². The molecule has 1 unspecified atom stereocenters. The van der Waals surface area contributed by atoms with Crippen LogP contribution in [-0.2, 0) is 32.7 Å². The SMILES string of the molecule is CC/C=C/C/C=C/C/C=C/CCCCCCCC(=O)O[C@H](COC(=O)CCCCCCC/C=C/CCCCCC)COP(=O)([O-])OCC[N+](C)(C)C. The normalized spacial score (nSPS) is 14.2. The standard InChI is InChI=1S/C42H76NO8P/c1-6-8-10-12-14-16-18-20-21-23-25-27-29-31-33-35-42(45)51-40(39-50-52(46,47)49-37-36-43(3,4)5)38-48-41(44)34-32-30-28-26-24-22-19-17-15-13-11-9-7-2/h8,10,14,16-17,19-21,40H,6-7,9,11-13,15,18,22-39H2,1-5H3/b10-8+,16-14+,19-17+,21-20+/t40-/m1/s1. The number of carbonyl (C=O) groups excluding carboxylic acids is 2. The fraction of sp³-hybridized carbons (Fsp3) is 0.762. The molecule has 52 heavy (non-hydrogen) atoms. The summed E-state index contributed by atoms with van der Waals surface area (Å²) in [5.41, 5.74) is 0. The minimum atomic E-state index is -4.63. The van der Waals surface area contributed by atoms with Gasteiger partial charge in [-0.15, -0.1) is 0 Å². The number of quaternary nitrogens is 1. The van der Waals surface area contributed by atoms with Gasteiger partial charge in [0.25, 0.3) is 7.82 Å². The van der Waals surface area contributed by atoms with Gasteiger partial charge in [-0.2, -0.15) is 0 Å². The summed E-state index contributed by atoms with van der Waals surface area (Å²) >= 11 is 0. The lowest BCUT2D eigenvalue weighted by Crippen LogP contribution is -2.37. The van der Waals surface area contributed by atoms with Crippen LogP contribution >= 0.6 is 7.82 Å². The molecule has 9 nitrogen and oxygen atoms in total. The summed E-state index contributed by atoms with van der Waals surface area (Å²) in [5, 5.41) is 0. The smallest absolute Gasteiger partial charge is 0.306 e. The van der Waals surface area contributed by atoms with E-state index < -0.39 is 32.5 Å². The van der Waals surface area contributed by atoms with E-state index >= 15 is 0 Å². The summed E-state index contributed by atoms with van der Waals surface area (Å²) in [6, 6.07) is 0. The van der Waals surface area contributed by atoms with Crippen molar-refractivity contribution >= 4 is 19.8 Å². The second-order valence-corrected chi connectivity index (χ2v) is 16.0. The number of allylic oxidation sites excluding steroid dienone is 8. The molecular formula is C42H76NO8P. The highest BCUT2D eigenvalue weighted by Gasteiger charge is 2.21. The van der Waals surface area contributed by atoms with E-state index in [1.54, 1.807) is 0 Å². The van der Waals surface area contributed by atoms with Gasteiger partial charge in [0.1, 0.15) is 19.8 Å². The molecule has 0 N–H and O–H groups in total. The van der Waals surface area contributed by atoms with Crippen LogP contribution in [-0.4, -0.2) is 70.0 Å². The molecule has 2 atom stereocenters. The topological polar surface area (TPSA) is 111 Å². The Balaban J connectivity index is 4.46. The highest BCUT2D eigenvalue weighted by molar-refractivity contribution is 7.45. The number of esters is 2. The number of hydrogen-bond donors (Lipinski definition) is 0. The number of hydrogen-bond acceptors (Lipinski definition) is 8. The molecule has 0 saturated heterocycles.